The van der Waals surface area contributed by atoms with E-state index in [1.54, 1.807) is 0 Å². The van der Waals surface area contributed by atoms with Crippen molar-refractivity contribution in [2.45, 2.75) is 18.2 Å². The molecule has 1 aliphatic rings. The number of rotatable bonds is 2. The van der Waals surface area contributed by atoms with Gasteiger partial charge in [0.15, 0.2) is 6.10 Å². The SMILES string of the molecule is COC1C(=O)NC(c2ccccc2)C1N. The first-order valence-corrected chi connectivity index (χ1v) is 4.87. The number of hydrogen-bond donors (Lipinski definition) is 2. The molecule has 1 heterocycles. The van der Waals surface area contributed by atoms with Crippen LogP contribution in [0.15, 0.2) is 30.3 Å². The number of ether oxygens (including phenoxy) is 1. The predicted octanol–water partition coefficient (Wildman–Crippen LogP) is 0.200. The second-order valence-electron chi connectivity index (χ2n) is 3.63. The molecule has 1 aromatic carbocycles. The number of methoxy groups -OCH3 is 1. The molecule has 4 nitrogen and oxygen atoms in total. The number of carbonyl (C=O) groups excluding carboxylic acids is 1. The lowest BCUT2D eigenvalue weighted by Gasteiger charge is -2.17. The van der Waals surface area contributed by atoms with Crippen LogP contribution in [-0.4, -0.2) is 25.2 Å². The minimum Gasteiger partial charge on any atom is -0.370 e. The molecule has 1 aromatic rings. The summed E-state index contributed by atoms with van der Waals surface area (Å²) in [5, 5.41) is 2.83. The van der Waals surface area contributed by atoms with Gasteiger partial charge in [-0.3, -0.25) is 4.79 Å². The molecule has 15 heavy (non-hydrogen) atoms. The normalized spacial score (nSPS) is 30.3. The van der Waals surface area contributed by atoms with Crippen LogP contribution in [-0.2, 0) is 9.53 Å². The number of benzene rings is 1. The van der Waals surface area contributed by atoms with Crippen molar-refractivity contribution in [3.8, 4) is 0 Å². The molecule has 0 radical (unpaired) electrons. The fraction of sp³-hybridized carbons (Fsp3) is 0.364. The van der Waals surface area contributed by atoms with E-state index in [1.807, 2.05) is 30.3 Å². The van der Waals surface area contributed by atoms with Crippen LogP contribution in [0.3, 0.4) is 0 Å². The van der Waals surface area contributed by atoms with Crippen molar-refractivity contribution >= 4 is 5.91 Å². The highest BCUT2D eigenvalue weighted by molar-refractivity contribution is 5.85. The lowest BCUT2D eigenvalue weighted by Crippen LogP contribution is -2.37. The number of hydrogen-bond acceptors (Lipinski definition) is 3. The Morgan fingerprint density at radius 3 is 2.53 bits per heavy atom. The average Bonchev–Trinajstić information content (AvgIpc) is 2.55. The van der Waals surface area contributed by atoms with E-state index in [0.29, 0.717) is 0 Å². The van der Waals surface area contributed by atoms with Crippen LogP contribution in [0.2, 0.25) is 0 Å². The third-order valence-corrected chi connectivity index (χ3v) is 2.70. The van der Waals surface area contributed by atoms with Gasteiger partial charge < -0.3 is 15.8 Å². The predicted molar refractivity (Wildman–Crippen MR) is 56.1 cm³/mol. The highest BCUT2D eigenvalue weighted by Gasteiger charge is 2.40. The molecule has 0 aromatic heterocycles. The fourth-order valence-corrected chi connectivity index (χ4v) is 1.91. The highest BCUT2D eigenvalue weighted by Crippen LogP contribution is 2.24. The third kappa shape index (κ3) is 1.73. The Morgan fingerprint density at radius 1 is 1.33 bits per heavy atom. The van der Waals surface area contributed by atoms with Gasteiger partial charge in [0.1, 0.15) is 0 Å². The second-order valence-corrected chi connectivity index (χ2v) is 3.63. The van der Waals surface area contributed by atoms with E-state index in [0.717, 1.165) is 5.56 Å². The molecule has 3 N–H and O–H groups in total. The first-order valence-electron chi connectivity index (χ1n) is 4.87. The summed E-state index contributed by atoms with van der Waals surface area (Å²) in [6, 6.07) is 9.20. The molecular formula is C11H14N2O2. The molecular weight excluding hydrogens is 192 g/mol. The Balaban J connectivity index is 2.23. The molecule has 1 fully saturated rings. The molecule has 0 bridgehead atoms. The monoisotopic (exact) mass is 206 g/mol. The number of carbonyl (C=O) groups is 1. The maximum Gasteiger partial charge on any atom is 0.251 e. The van der Waals surface area contributed by atoms with E-state index < -0.39 is 6.10 Å². The Kier molecular flexibility index (Phi) is 2.70. The zero-order valence-electron chi connectivity index (χ0n) is 8.51. The first-order chi connectivity index (χ1) is 7.24. The molecule has 1 aliphatic heterocycles. The third-order valence-electron chi connectivity index (χ3n) is 2.70. The van der Waals surface area contributed by atoms with Gasteiger partial charge in [-0.05, 0) is 5.56 Å². The van der Waals surface area contributed by atoms with Crippen LogP contribution in [0.4, 0.5) is 0 Å². The minimum atomic E-state index is -0.546. The number of nitrogens with two attached hydrogens (primary N) is 1. The summed E-state index contributed by atoms with van der Waals surface area (Å²) in [6.07, 6.45) is -0.546. The highest BCUT2D eigenvalue weighted by atomic mass is 16.5. The molecule has 3 atom stereocenters. The standard InChI is InChI=1S/C11H14N2O2/c1-15-10-8(12)9(13-11(10)14)7-5-3-2-4-6-7/h2-6,8-10H,12H2,1H3,(H,13,14). The van der Waals surface area contributed by atoms with Crippen molar-refractivity contribution in [3.05, 3.63) is 35.9 Å². The van der Waals surface area contributed by atoms with E-state index in [9.17, 15) is 4.79 Å². The number of nitrogens with one attached hydrogen (secondary N) is 1. The van der Waals surface area contributed by atoms with Crippen LogP contribution >= 0.6 is 0 Å². The van der Waals surface area contributed by atoms with Crippen LogP contribution in [0.1, 0.15) is 11.6 Å². The van der Waals surface area contributed by atoms with E-state index in [2.05, 4.69) is 5.32 Å². The van der Waals surface area contributed by atoms with Gasteiger partial charge in [-0.1, -0.05) is 30.3 Å². The smallest absolute Gasteiger partial charge is 0.251 e. The molecule has 3 unspecified atom stereocenters. The van der Waals surface area contributed by atoms with Crippen LogP contribution in [0.5, 0.6) is 0 Å². The molecule has 1 amide bonds. The quantitative estimate of drug-likeness (QED) is 0.726. The van der Waals surface area contributed by atoms with Gasteiger partial charge in [0.2, 0.25) is 0 Å². The molecule has 4 heteroatoms. The lowest BCUT2D eigenvalue weighted by atomic mass is 10.0. The van der Waals surface area contributed by atoms with Gasteiger partial charge in [-0.25, -0.2) is 0 Å². The Bertz CT molecular complexity index is 353. The molecule has 0 spiro atoms. The van der Waals surface area contributed by atoms with Gasteiger partial charge in [0, 0.05) is 7.11 Å². The van der Waals surface area contributed by atoms with Gasteiger partial charge in [-0.15, -0.1) is 0 Å². The van der Waals surface area contributed by atoms with Crippen LogP contribution in [0, 0.1) is 0 Å². The topological polar surface area (TPSA) is 64.3 Å². The second kappa shape index (κ2) is 4.00. The van der Waals surface area contributed by atoms with Crippen molar-refractivity contribution in [1.29, 1.82) is 0 Å². The van der Waals surface area contributed by atoms with Crippen LogP contribution < -0.4 is 11.1 Å². The van der Waals surface area contributed by atoms with E-state index >= 15 is 0 Å². The van der Waals surface area contributed by atoms with E-state index in [-0.39, 0.29) is 18.0 Å². The van der Waals surface area contributed by atoms with E-state index in [4.69, 9.17) is 10.5 Å². The molecule has 1 saturated heterocycles. The van der Waals surface area contributed by atoms with Crippen molar-refractivity contribution in [1.82, 2.24) is 5.32 Å². The Labute approximate surface area is 88.4 Å². The summed E-state index contributed by atoms with van der Waals surface area (Å²) >= 11 is 0. The van der Waals surface area contributed by atoms with Gasteiger partial charge in [0.05, 0.1) is 12.1 Å². The Hall–Kier alpha value is -1.39. The fourth-order valence-electron chi connectivity index (χ4n) is 1.91. The maximum absolute atomic E-state index is 11.5. The first kappa shape index (κ1) is 10.1. The van der Waals surface area contributed by atoms with Gasteiger partial charge in [0.25, 0.3) is 5.91 Å². The summed E-state index contributed by atoms with van der Waals surface area (Å²) in [5.74, 6) is -0.140. The molecule has 0 saturated carbocycles. The summed E-state index contributed by atoms with van der Waals surface area (Å²) in [4.78, 5) is 11.5. The molecule has 0 aliphatic carbocycles. The van der Waals surface area contributed by atoms with Gasteiger partial charge >= 0.3 is 0 Å². The summed E-state index contributed by atoms with van der Waals surface area (Å²) < 4.78 is 5.05. The van der Waals surface area contributed by atoms with Crippen LogP contribution in [0.25, 0.3) is 0 Å². The minimum absolute atomic E-state index is 0.140. The lowest BCUT2D eigenvalue weighted by molar-refractivity contribution is -0.127. The van der Waals surface area contributed by atoms with Crippen molar-refractivity contribution < 1.29 is 9.53 Å². The summed E-state index contributed by atoms with van der Waals surface area (Å²) in [7, 11) is 1.50. The zero-order chi connectivity index (χ0) is 10.8. The van der Waals surface area contributed by atoms with E-state index in [1.165, 1.54) is 7.11 Å². The average molecular weight is 206 g/mol. The molecule has 80 valence electrons. The Morgan fingerprint density at radius 2 is 2.00 bits per heavy atom. The van der Waals surface area contributed by atoms with Crippen molar-refractivity contribution in [3.63, 3.8) is 0 Å². The summed E-state index contributed by atoms with van der Waals surface area (Å²) in [5.41, 5.74) is 6.96. The van der Waals surface area contributed by atoms with Gasteiger partial charge in [-0.2, -0.15) is 0 Å². The van der Waals surface area contributed by atoms with Crippen molar-refractivity contribution in [2.24, 2.45) is 5.73 Å². The summed E-state index contributed by atoms with van der Waals surface area (Å²) in [6.45, 7) is 0. The maximum atomic E-state index is 11.5. The zero-order valence-corrected chi connectivity index (χ0v) is 8.51. The van der Waals surface area contributed by atoms with Crippen molar-refractivity contribution in [2.75, 3.05) is 7.11 Å². The number of amides is 1. The molecule has 2 rings (SSSR count). The largest absolute Gasteiger partial charge is 0.370 e.